The molecule has 0 heterocycles. The molecule has 0 rings (SSSR count). The Hall–Kier alpha value is -0.730. The van der Waals surface area contributed by atoms with Gasteiger partial charge >= 0.3 is 6.03 Å². The first-order valence-corrected chi connectivity index (χ1v) is 5.35. The molecular weight excluding hydrogens is 176 g/mol. The molecule has 1 unspecified atom stereocenters. The molecule has 0 saturated carbocycles. The third-order valence-electron chi connectivity index (χ3n) is 2.05. The monoisotopic (exact) mass is 200 g/mol. The molecule has 2 N–H and O–H groups in total. The van der Waals surface area contributed by atoms with Gasteiger partial charge in [-0.15, -0.1) is 0 Å². The van der Waals surface area contributed by atoms with Gasteiger partial charge in [-0.25, -0.2) is 4.79 Å². The number of carbonyl (C=O) groups is 1. The predicted molar refractivity (Wildman–Crippen MR) is 60.3 cm³/mol. The van der Waals surface area contributed by atoms with Crippen molar-refractivity contribution in [1.82, 2.24) is 10.6 Å². The van der Waals surface area contributed by atoms with E-state index in [1.807, 2.05) is 20.8 Å². The molecule has 0 aliphatic carbocycles. The quantitative estimate of drug-likeness (QED) is 0.722. The van der Waals surface area contributed by atoms with E-state index in [1.165, 1.54) is 0 Å². The third kappa shape index (κ3) is 5.84. The van der Waals surface area contributed by atoms with Crippen LogP contribution in [0.1, 0.15) is 48.0 Å². The van der Waals surface area contributed by atoms with Gasteiger partial charge in [0, 0.05) is 11.6 Å². The Balaban J connectivity index is 4.04. The lowest BCUT2D eigenvalue weighted by Gasteiger charge is -2.25. The van der Waals surface area contributed by atoms with Gasteiger partial charge in [0.1, 0.15) is 0 Å². The zero-order valence-electron chi connectivity index (χ0n) is 10.3. The van der Waals surface area contributed by atoms with Crippen LogP contribution in [0.2, 0.25) is 0 Å². The lowest BCUT2D eigenvalue weighted by Crippen LogP contribution is -2.50. The first-order valence-electron chi connectivity index (χ1n) is 5.35. The minimum absolute atomic E-state index is 0.0712. The fraction of sp³-hybridized carbons (Fsp3) is 0.909. The molecule has 3 nitrogen and oxygen atoms in total. The van der Waals surface area contributed by atoms with Gasteiger partial charge in [-0.3, -0.25) is 0 Å². The second-order valence-electron chi connectivity index (χ2n) is 5.11. The van der Waals surface area contributed by atoms with Crippen LogP contribution < -0.4 is 10.6 Å². The minimum Gasteiger partial charge on any atom is -0.335 e. The Kier molecular flexibility index (Phi) is 4.95. The molecule has 0 aromatic heterocycles. The molecule has 0 aliphatic rings. The fourth-order valence-corrected chi connectivity index (χ4v) is 1.29. The number of nitrogens with one attached hydrogen (secondary N) is 2. The summed E-state index contributed by atoms with van der Waals surface area (Å²) in [7, 11) is 0. The molecule has 0 aromatic rings. The second kappa shape index (κ2) is 5.23. The Labute approximate surface area is 87.6 Å². The molecule has 14 heavy (non-hydrogen) atoms. The summed E-state index contributed by atoms with van der Waals surface area (Å²) in [6, 6.07) is 0.190. The summed E-state index contributed by atoms with van der Waals surface area (Å²) in [5.74, 6) is 0.478. The van der Waals surface area contributed by atoms with Crippen LogP contribution in [0.3, 0.4) is 0 Å². The largest absolute Gasteiger partial charge is 0.335 e. The van der Waals surface area contributed by atoms with Crippen LogP contribution in [0, 0.1) is 5.92 Å². The molecule has 84 valence electrons. The number of hydrogen-bond donors (Lipinski definition) is 2. The smallest absolute Gasteiger partial charge is 0.315 e. The van der Waals surface area contributed by atoms with Crippen molar-refractivity contribution < 1.29 is 4.79 Å². The van der Waals surface area contributed by atoms with Crippen LogP contribution in [0.25, 0.3) is 0 Å². The molecule has 2 amide bonds. The van der Waals surface area contributed by atoms with Crippen LogP contribution in [-0.4, -0.2) is 17.6 Å². The highest BCUT2D eigenvalue weighted by Crippen LogP contribution is 2.05. The van der Waals surface area contributed by atoms with E-state index in [0.29, 0.717) is 5.92 Å². The van der Waals surface area contributed by atoms with E-state index in [4.69, 9.17) is 0 Å². The molecule has 0 aliphatic heterocycles. The molecule has 3 heteroatoms. The van der Waals surface area contributed by atoms with Crippen molar-refractivity contribution in [2.45, 2.75) is 59.5 Å². The number of urea groups is 1. The van der Waals surface area contributed by atoms with Gasteiger partial charge in [-0.05, 0) is 33.1 Å². The molecule has 0 saturated heterocycles. The summed E-state index contributed by atoms with van der Waals surface area (Å²) >= 11 is 0. The highest BCUT2D eigenvalue weighted by molar-refractivity contribution is 5.74. The maximum atomic E-state index is 11.5. The van der Waals surface area contributed by atoms with Crippen LogP contribution in [0.5, 0.6) is 0 Å². The summed E-state index contributed by atoms with van der Waals surface area (Å²) < 4.78 is 0. The second-order valence-corrected chi connectivity index (χ2v) is 5.11. The summed E-state index contributed by atoms with van der Waals surface area (Å²) in [4.78, 5) is 11.5. The van der Waals surface area contributed by atoms with E-state index >= 15 is 0 Å². The van der Waals surface area contributed by atoms with E-state index in [-0.39, 0.29) is 17.6 Å². The zero-order valence-corrected chi connectivity index (χ0v) is 10.3. The van der Waals surface area contributed by atoms with Crippen molar-refractivity contribution in [2.24, 2.45) is 5.92 Å². The normalized spacial score (nSPS) is 13.9. The number of hydrogen-bond acceptors (Lipinski definition) is 1. The van der Waals surface area contributed by atoms with E-state index in [9.17, 15) is 4.79 Å². The molecule has 1 atom stereocenters. The Bertz CT molecular complexity index is 182. The maximum absolute atomic E-state index is 11.5. The molecule has 0 spiro atoms. The van der Waals surface area contributed by atoms with E-state index in [2.05, 4.69) is 31.4 Å². The lowest BCUT2D eigenvalue weighted by atomic mass is 10.0. The zero-order chi connectivity index (χ0) is 11.4. The average Bonchev–Trinajstić information content (AvgIpc) is 1.96. The van der Waals surface area contributed by atoms with Crippen molar-refractivity contribution in [2.75, 3.05) is 0 Å². The standard InChI is InChI=1S/C11H24N2O/c1-7-9(8(2)3)12-10(14)13-11(4,5)6/h8-9H,7H2,1-6H3,(H2,12,13,14). The van der Waals surface area contributed by atoms with Crippen molar-refractivity contribution in [3.63, 3.8) is 0 Å². The first kappa shape index (κ1) is 13.3. The Morgan fingerprint density at radius 1 is 1.29 bits per heavy atom. The van der Waals surface area contributed by atoms with E-state index < -0.39 is 0 Å². The van der Waals surface area contributed by atoms with Gasteiger partial charge in [0.2, 0.25) is 0 Å². The van der Waals surface area contributed by atoms with Crippen molar-refractivity contribution in [3.8, 4) is 0 Å². The van der Waals surface area contributed by atoms with Gasteiger partial charge < -0.3 is 10.6 Å². The minimum atomic E-state index is -0.167. The van der Waals surface area contributed by atoms with Crippen molar-refractivity contribution in [1.29, 1.82) is 0 Å². The van der Waals surface area contributed by atoms with E-state index in [1.54, 1.807) is 0 Å². The Morgan fingerprint density at radius 2 is 1.79 bits per heavy atom. The van der Waals surface area contributed by atoms with Crippen LogP contribution in [0.4, 0.5) is 4.79 Å². The molecular formula is C11H24N2O. The molecule has 0 fully saturated rings. The average molecular weight is 200 g/mol. The fourth-order valence-electron chi connectivity index (χ4n) is 1.29. The van der Waals surface area contributed by atoms with Gasteiger partial charge in [-0.1, -0.05) is 20.8 Å². The van der Waals surface area contributed by atoms with Crippen molar-refractivity contribution >= 4 is 6.03 Å². The van der Waals surface area contributed by atoms with Gasteiger partial charge in [-0.2, -0.15) is 0 Å². The highest BCUT2D eigenvalue weighted by atomic mass is 16.2. The number of rotatable bonds is 3. The highest BCUT2D eigenvalue weighted by Gasteiger charge is 2.17. The number of amides is 2. The molecule has 0 radical (unpaired) electrons. The summed E-state index contributed by atoms with van der Waals surface area (Å²) in [5, 5.41) is 5.86. The van der Waals surface area contributed by atoms with Gasteiger partial charge in [0.05, 0.1) is 0 Å². The van der Waals surface area contributed by atoms with E-state index in [0.717, 1.165) is 6.42 Å². The number of carbonyl (C=O) groups excluding carboxylic acids is 1. The third-order valence-corrected chi connectivity index (χ3v) is 2.05. The van der Waals surface area contributed by atoms with Crippen LogP contribution in [0.15, 0.2) is 0 Å². The maximum Gasteiger partial charge on any atom is 0.315 e. The summed E-state index contributed by atoms with van der Waals surface area (Å²) in [5.41, 5.74) is -0.167. The summed E-state index contributed by atoms with van der Waals surface area (Å²) in [6.07, 6.45) is 0.967. The molecule has 0 bridgehead atoms. The Morgan fingerprint density at radius 3 is 2.07 bits per heavy atom. The van der Waals surface area contributed by atoms with Gasteiger partial charge in [0.15, 0.2) is 0 Å². The van der Waals surface area contributed by atoms with Crippen LogP contribution in [-0.2, 0) is 0 Å². The first-order chi connectivity index (χ1) is 6.26. The SMILES string of the molecule is CCC(NC(=O)NC(C)(C)C)C(C)C. The lowest BCUT2D eigenvalue weighted by molar-refractivity contribution is 0.223. The van der Waals surface area contributed by atoms with Gasteiger partial charge in [0.25, 0.3) is 0 Å². The predicted octanol–water partition coefficient (Wildman–Crippen LogP) is 2.52. The summed E-state index contributed by atoms with van der Waals surface area (Å²) in [6.45, 7) is 12.2. The van der Waals surface area contributed by atoms with Crippen LogP contribution >= 0.6 is 0 Å². The van der Waals surface area contributed by atoms with Crippen molar-refractivity contribution in [3.05, 3.63) is 0 Å². The molecule has 0 aromatic carbocycles. The topological polar surface area (TPSA) is 41.1 Å².